The van der Waals surface area contributed by atoms with E-state index < -0.39 is 0 Å². The molecule has 2 heterocycles. The number of carbonyl (C=O) groups excluding carboxylic acids is 1. The zero-order chi connectivity index (χ0) is 15.7. The van der Waals surface area contributed by atoms with Crippen LogP contribution in [0, 0.1) is 11.3 Å². The molecule has 23 heavy (non-hydrogen) atoms. The minimum Gasteiger partial charge on any atom is -0.371 e. The summed E-state index contributed by atoms with van der Waals surface area (Å²) in [6, 6.07) is 8.67. The number of hydrogen-bond donors (Lipinski definition) is 2. The van der Waals surface area contributed by atoms with Gasteiger partial charge in [0.2, 0.25) is 5.91 Å². The van der Waals surface area contributed by atoms with Gasteiger partial charge in [0.15, 0.2) is 0 Å². The van der Waals surface area contributed by atoms with Gasteiger partial charge in [-0.25, -0.2) is 0 Å². The van der Waals surface area contributed by atoms with E-state index in [1.807, 2.05) is 0 Å². The van der Waals surface area contributed by atoms with E-state index in [1.54, 1.807) is 0 Å². The highest BCUT2D eigenvalue weighted by Gasteiger charge is 2.57. The van der Waals surface area contributed by atoms with Gasteiger partial charge in [-0.2, -0.15) is 0 Å². The number of benzene rings is 1. The van der Waals surface area contributed by atoms with E-state index in [0.717, 1.165) is 52.0 Å². The lowest BCUT2D eigenvalue weighted by Gasteiger charge is -2.23. The molecular formula is C19H27N3O. The fourth-order valence-electron chi connectivity index (χ4n) is 4.44. The molecule has 0 aromatic heterocycles. The highest BCUT2D eigenvalue weighted by molar-refractivity contribution is 5.82. The van der Waals surface area contributed by atoms with Gasteiger partial charge in [-0.15, -0.1) is 0 Å². The van der Waals surface area contributed by atoms with E-state index in [9.17, 15) is 4.79 Å². The first-order chi connectivity index (χ1) is 11.3. The summed E-state index contributed by atoms with van der Waals surface area (Å²) in [5.74, 6) is 0.589. The molecule has 1 aliphatic carbocycles. The van der Waals surface area contributed by atoms with E-state index in [1.165, 1.54) is 24.1 Å². The molecule has 4 heteroatoms. The van der Waals surface area contributed by atoms with Gasteiger partial charge >= 0.3 is 0 Å². The molecule has 1 spiro atoms. The zero-order valence-corrected chi connectivity index (χ0v) is 13.8. The summed E-state index contributed by atoms with van der Waals surface area (Å²) in [6.45, 7) is 5.13. The fraction of sp³-hybridized carbons (Fsp3) is 0.632. The van der Waals surface area contributed by atoms with Crippen molar-refractivity contribution in [3.8, 4) is 0 Å². The predicted octanol–water partition coefficient (Wildman–Crippen LogP) is 1.95. The Labute approximate surface area is 138 Å². The summed E-state index contributed by atoms with van der Waals surface area (Å²) < 4.78 is 0. The first-order valence-corrected chi connectivity index (χ1v) is 9.10. The van der Waals surface area contributed by atoms with Crippen molar-refractivity contribution < 1.29 is 4.79 Å². The fourth-order valence-corrected chi connectivity index (χ4v) is 4.44. The standard InChI is InChI=1S/C19H27N3O/c23-18(16-14-19(16)7-10-20-11-8-19)21-9-3-12-22-13-6-15-4-1-2-5-17(15)22/h1-2,4-5,16,20H,3,6-14H2,(H,21,23). The van der Waals surface area contributed by atoms with Gasteiger partial charge in [0, 0.05) is 31.2 Å². The quantitative estimate of drug-likeness (QED) is 0.817. The summed E-state index contributed by atoms with van der Waals surface area (Å²) in [5.41, 5.74) is 3.19. The Hall–Kier alpha value is -1.55. The van der Waals surface area contributed by atoms with E-state index in [2.05, 4.69) is 39.8 Å². The van der Waals surface area contributed by atoms with Crippen LogP contribution in [0.25, 0.3) is 0 Å². The summed E-state index contributed by atoms with van der Waals surface area (Å²) in [5, 5.41) is 6.57. The molecule has 1 aromatic rings. The molecule has 4 nitrogen and oxygen atoms in total. The van der Waals surface area contributed by atoms with Crippen LogP contribution in [0.5, 0.6) is 0 Å². The maximum absolute atomic E-state index is 12.3. The summed E-state index contributed by atoms with van der Waals surface area (Å²) in [6.07, 6.45) is 5.65. The van der Waals surface area contributed by atoms with E-state index in [-0.39, 0.29) is 5.92 Å². The zero-order valence-electron chi connectivity index (χ0n) is 13.8. The number of anilines is 1. The molecule has 1 atom stereocenters. The molecule has 2 N–H and O–H groups in total. The lowest BCUT2D eigenvalue weighted by Crippen LogP contribution is -2.34. The van der Waals surface area contributed by atoms with Crippen molar-refractivity contribution in [1.82, 2.24) is 10.6 Å². The van der Waals surface area contributed by atoms with Crippen molar-refractivity contribution in [2.24, 2.45) is 11.3 Å². The van der Waals surface area contributed by atoms with E-state index in [4.69, 9.17) is 0 Å². The van der Waals surface area contributed by atoms with Crippen LogP contribution in [0.15, 0.2) is 24.3 Å². The van der Waals surface area contributed by atoms with Crippen LogP contribution < -0.4 is 15.5 Å². The first kappa shape index (κ1) is 15.0. The third-order valence-corrected chi connectivity index (χ3v) is 5.99. The molecule has 1 saturated heterocycles. The number of rotatable bonds is 5. The Balaban J connectivity index is 1.19. The minimum absolute atomic E-state index is 0.289. The lowest BCUT2D eigenvalue weighted by atomic mass is 9.92. The molecule has 1 aromatic carbocycles. The van der Waals surface area contributed by atoms with Gasteiger partial charge in [-0.3, -0.25) is 4.79 Å². The van der Waals surface area contributed by atoms with Gasteiger partial charge in [-0.1, -0.05) is 18.2 Å². The minimum atomic E-state index is 0.289. The monoisotopic (exact) mass is 313 g/mol. The van der Waals surface area contributed by atoms with Gasteiger partial charge in [-0.05, 0) is 62.2 Å². The highest BCUT2D eigenvalue weighted by Crippen LogP contribution is 2.58. The summed E-state index contributed by atoms with van der Waals surface area (Å²) in [7, 11) is 0. The van der Waals surface area contributed by atoms with Crippen molar-refractivity contribution in [1.29, 1.82) is 0 Å². The van der Waals surface area contributed by atoms with Crippen LogP contribution in [0.2, 0.25) is 0 Å². The van der Waals surface area contributed by atoms with Crippen LogP contribution in [-0.2, 0) is 11.2 Å². The largest absolute Gasteiger partial charge is 0.371 e. The predicted molar refractivity (Wildman–Crippen MR) is 92.6 cm³/mol. The number of para-hydroxylation sites is 1. The highest BCUT2D eigenvalue weighted by atomic mass is 16.2. The summed E-state index contributed by atoms with van der Waals surface area (Å²) in [4.78, 5) is 14.8. The van der Waals surface area contributed by atoms with Crippen LogP contribution in [0.4, 0.5) is 5.69 Å². The third-order valence-electron chi connectivity index (χ3n) is 5.99. The molecule has 1 saturated carbocycles. The van der Waals surface area contributed by atoms with Crippen molar-refractivity contribution in [2.45, 2.75) is 32.1 Å². The second kappa shape index (κ2) is 6.16. The molecular weight excluding hydrogens is 286 g/mol. The average molecular weight is 313 g/mol. The van der Waals surface area contributed by atoms with Gasteiger partial charge < -0.3 is 15.5 Å². The number of carbonyl (C=O) groups is 1. The Morgan fingerprint density at radius 1 is 1.30 bits per heavy atom. The Kier molecular flexibility index (Phi) is 4.02. The van der Waals surface area contributed by atoms with Crippen LogP contribution >= 0.6 is 0 Å². The second-order valence-electron chi connectivity index (χ2n) is 7.38. The number of fused-ring (bicyclic) bond motifs is 1. The molecule has 2 fully saturated rings. The molecule has 1 amide bonds. The number of nitrogens with zero attached hydrogens (tertiary/aromatic N) is 1. The molecule has 0 bridgehead atoms. The molecule has 1 unspecified atom stereocenters. The first-order valence-electron chi connectivity index (χ1n) is 9.10. The van der Waals surface area contributed by atoms with Crippen LogP contribution in [-0.4, -0.2) is 38.6 Å². The number of piperidine rings is 1. The van der Waals surface area contributed by atoms with E-state index >= 15 is 0 Å². The van der Waals surface area contributed by atoms with Gasteiger partial charge in [0.05, 0.1) is 0 Å². The molecule has 0 radical (unpaired) electrons. The van der Waals surface area contributed by atoms with Crippen molar-refractivity contribution in [3.63, 3.8) is 0 Å². The second-order valence-corrected chi connectivity index (χ2v) is 7.38. The normalized spacial score (nSPS) is 24.5. The smallest absolute Gasteiger partial charge is 0.223 e. The van der Waals surface area contributed by atoms with Gasteiger partial charge in [0.25, 0.3) is 0 Å². The molecule has 4 rings (SSSR count). The van der Waals surface area contributed by atoms with Crippen molar-refractivity contribution >= 4 is 11.6 Å². The lowest BCUT2D eigenvalue weighted by molar-refractivity contribution is -0.123. The SMILES string of the molecule is O=C(NCCCN1CCc2ccccc21)C1CC12CCNCC2. The molecule has 124 valence electrons. The number of nitrogens with one attached hydrogen (secondary N) is 2. The number of hydrogen-bond acceptors (Lipinski definition) is 3. The van der Waals surface area contributed by atoms with Crippen LogP contribution in [0.3, 0.4) is 0 Å². The van der Waals surface area contributed by atoms with Crippen molar-refractivity contribution in [2.75, 3.05) is 37.6 Å². The molecule has 2 aliphatic heterocycles. The topological polar surface area (TPSA) is 44.4 Å². The maximum Gasteiger partial charge on any atom is 0.223 e. The van der Waals surface area contributed by atoms with E-state index in [0.29, 0.717) is 11.3 Å². The Morgan fingerprint density at radius 2 is 2.13 bits per heavy atom. The maximum atomic E-state index is 12.3. The summed E-state index contributed by atoms with van der Waals surface area (Å²) >= 11 is 0. The Bertz CT molecular complexity index is 580. The number of amides is 1. The molecule has 3 aliphatic rings. The third kappa shape index (κ3) is 2.97. The van der Waals surface area contributed by atoms with Crippen LogP contribution in [0.1, 0.15) is 31.2 Å². The Morgan fingerprint density at radius 3 is 3.00 bits per heavy atom. The van der Waals surface area contributed by atoms with Gasteiger partial charge in [0.1, 0.15) is 0 Å². The van der Waals surface area contributed by atoms with Crippen molar-refractivity contribution in [3.05, 3.63) is 29.8 Å². The average Bonchev–Trinajstić information content (AvgIpc) is 3.12.